The summed E-state index contributed by atoms with van der Waals surface area (Å²) in [7, 11) is 0. The van der Waals surface area contributed by atoms with Crippen LogP contribution in [0, 0.1) is 17.5 Å². The van der Waals surface area contributed by atoms with E-state index in [0.29, 0.717) is 17.7 Å². The van der Waals surface area contributed by atoms with E-state index < -0.39 is 17.5 Å². The van der Waals surface area contributed by atoms with Crippen molar-refractivity contribution in [3.63, 3.8) is 0 Å². The van der Waals surface area contributed by atoms with Gasteiger partial charge in [-0.05, 0) is 60.9 Å². The van der Waals surface area contributed by atoms with Crippen molar-refractivity contribution in [3.8, 4) is 17.2 Å². The Kier molecular flexibility index (Phi) is 7.33. The number of hydrogen-bond donors (Lipinski definition) is 0. The van der Waals surface area contributed by atoms with Crippen LogP contribution >= 0.6 is 0 Å². The topological polar surface area (TPSA) is 18.5 Å². The second-order valence-electron chi connectivity index (χ2n) is 6.42. The Balaban J connectivity index is 1.63. The third-order valence-electron chi connectivity index (χ3n) is 4.16. The van der Waals surface area contributed by atoms with Crippen molar-refractivity contribution in [2.24, 2.45) is 0 Å². The Morgan fingerprint density at radius 2 is 1.57 bits per heavy atom. The average Bonchev–Trinajstić information content (AvgIpc) is 2.73. The molecule has 0 saturated carbocycles. The summed E-state index contributed by atoms with van der Waals surface area (Å²) >= 11 is 0. The predicted octanol–water partition coefficient (Wildman–Crippen LogP) is 7.11. The summed E-state index contributed by atoms with van der Waals surface area (Å²) < 4.78 is 52.3. The number of para-hydroxylation sites is 1. The van der Waals surface area contributed by atoms with E-state index in [1.807, 2.05) is 18.2 Å². The maximum absolute atomic E-state index is 14.0. The number of halogens is 3. The number of hydrogen-bond acceptors (Lipinski definition) is 2. The van der Waals surface area contributed by atoms with Crippen molar-refractivity contribution in [2.45, 2.75) is 13.3 Å². The molecule has 154 valence electrons. The zero-order valence-electron chi connectivity index (χ0n) is 16.4. The zero-order valence-corrected chi connectivity index (χ0v) is 16.4. The van der Waals surface area contributed by atoms with Gasteiger partial charge in [0.05, 0.1) is 6.61 Å². The highest BCUT2D eigenvalue weighted by atomic mass is 19.1. The van der Waals surface area contributed by atoms with Crippen LogP contribution in [0.4, 0.5) is 13.2 Å². The molecule has 0 N–H and O–H groups in total. The van der Waals surface area contributed by atoms with Gasteiger partial charge in [0.2, 0.25) is 0 Å². The third-order valence-corrected chi connectivity index (χ3v) is 4.16. The van der Waals surface area contributed by atoms with E-state index in [9.17, 15) is 13.2 Å². The Labute approximate surface area is 173 Å². The summed E-state index contributed by atoms with van der Waals surface area (Å²) in [5.41, 5.74) is 1.25. The van der Waals surface area contributed by atoms with Crippen LogP contribution in [0.25, 0.3) is 6.08 Å². The molecule has 0 aliphatic carbocycles. The summed E-state index contributed by atoms with van der Waals surface area (Å²) in [4.78, 5) is 0. The first kappa shape index (κ1) is 21.2. The number of allylic oxidation sites excluding steroid dienone is 3. The molecule has 0 radical (unpaired) electrons. The first-order chi connectivity index (χ1) is 14.6. The molecule has 3 aromatic rings. The summed E-state index contributed by atoms with van der Waals surface area (Å²) in [6, 6.07) is 16.1. The van der Waals surface area contributed by atoms with Crippen LogP contribution in [-0.2, 0) is 6.42 Å². The van der Waals surface area contributed by atoms with Gasteiger partial charge < -0.3 is 9.47 Å². The van der Waals surface area contributed by atoms with Gasteiger partial charge in [0, 0.05) is 0 Å². The second kappa shape index (κ2) is 10.3. The Hall–Kier alpha value is -3.47. The van der Waals surface area contributed by atoms with Gasteiger partial charge in [-0.1, -0.05) is 48.6 Å². The lowest BCUT2D eigenvalue weighted by molar-refractivity contribution is 0.302. The minimum Gasteiger partial charge on any atom is -0.488 e. The highest BCUT2D eigenvalue weighted by molar-refractivity contribution is 5.54. The number of ether oxygens (including phenoxy) is 2. The molecule has 3 rings (SSSR count). The fourth-order valence-corrected chi connectivity index (χ4v) is 2.78. The predicted molar refractivity (Wildman–Crippen MR) is 112 cm³/mol. The Morgan fingerprint density at radius 1 is 0.833 bits per heavy atom. The molecular weight excluding hydrogens is 389 g/mol. The van der Waals surface area contributed by atoms with Gasteiger partial charge in [-0.25, -0.2) is 13.2 Å². The first-order valence-electron chi connectivity index (χ1n) is 9.53. The lowest BCUT2D eigenvalue weighted by Crippen LogP contribution is -1.99. The second-order valence-corrected chi connectivity index (χ2v) is 6.42. The molecule has 0 spiro atoms. The van der Waals surface area contributed by atoms with Crippen LogP contribution in [0.15, 0.2) is 78.9 Å². The number of benzene rings is 3. The van der Waals surface area contributed by atoms with Crippen molar-refractivity contribution in [2.75, 3.05) is 6.61 Å². The third kappa shape index (κ3) is 5.77. The summed E-state index contributed by atoms with van der Waals surface area (Å²) in [6.45, 7) is 1.86. The maximum atomic E-state index is 14.0. The first-order valence-corrected chi connectivity index (χ1v) is 9.53. The van der Waals surface area contributed by atoms with Gasteiger partial charge in [-0.2, -0.15) is 0 Å². The molecule has 2 nitrogen and oxygen atoms in total. The van der Waals surface area contributed by atoms with Crippen LogP contribution in [0.5, 0.6) is 17.2 Å². The van der Waals surface area contributed by atoms with Gasteiger partial charge in [0.15, 0.2) is 29.0 Å². The molecule has 0 saturated heterocycles. The molecule has 0 atom stereocenters. The molecule has 5 heteroatoms. The van der Waals surface area contributed by atoms with E-state index in [-0.39, 0.29) is 18.1 Å². The normalized spacial score (nSPS) is 11.3. The Morgan fingerprint density at radius 3 is 2.27 bits per heavy atom. The van der Waals surface area contributed by atoms with Crippen LogP contribution in [0.3, 0.4) is 0 Å². The summed E-state index contributed by atoms with van der Waals surface area (Å²) in [5, 5.41) is 0. The van der Waals surface area contributed by atoms with Crippen molar-refractivity contribution in [1.82, 2.24) is 0 Å². The molecule has 30 heavy (non-hydrogen) atoms. The molecule has 0 aliphatic rings. The van der Waals surface area contributed by atoms with Crippen LogP contribution in [0.2, 0.25) is 0 Å². The van der Waals surface area contributed by atoms with Crippen molar-refractivity contribution >= 4 is 6.08 Å². The van der Waals surface area contributed by atoms with Gasteiger partial charge >= 0.3 is 0 Å². The highest BCUT2D eigenvalue weighted by Gasteiger charge is 2.11. The van der Waals surface area contributed by atoms with Crippen LogP contribution in [0.1, 0.15) is 18.1 Å². The van der Waals surface area contributed by atoms with E-state index in [1.165, 1.54) is 18.2 Å². The van der Waals surface area contributed by atoms with E-state index in [1.54, 1.807) is 55.5 Å². The van der Waals surface area contributed by atoms with Gasteiger partial charge in [-0.15, -0.1) is 0 Å². The van der Waals surface area contributed by atoms with E-state index >= 15 is 0 Å². The van der Waals surface area contributed by atoms with Crippen LogP contribution in [-0.4, -0.2) is 6.61 Å². The molecule has 0 amide bonds. The summed E-state index contributed by atoms with van der Waals surface area (Å²) in [5.74, 6) is -1.55. The van der Waals surface area contributed by atoms with Crippen molar-refractivity contribution < 1.29 is 22.6 Å². The minimum atomic E-state index is -0.715. The quantitative estimate of drug-likeness (QED) is 0.369. The fourth-order valence-electron chi connectivity index (χ4n) is 2.78. The lowest BCUT2D eigenvalue weighted by Gasteiger charge is -2.07. The van der Waals surface area contributed by atoms with Crippen molar-refractivity contribution in [1.29, 1.82) is 0 Å². The molecular formula is C25H21F3O2. The molecule has 0 unspecified atom stereocenters. The van der Waals surface area contributed by atoms with Crippen molar-refractivity contribution in [3.05, 3.63) is 107 Å². The molecule has 0 heterocycles. The van der Waals surface area contributed by atoms with Gasteiger partial charge in [0.25, 0.3) is 0 Å². The van der Waals surface area contributed by atoms with Gasteiger partial charge in [0.1, 0.15) is 5.75 Å². The largest absolute Gasteiger partial charge is 0.488 e. The summed E-state index contributed by atoms with van der Waals surface area (Å²) in [6.07, 6.45) is 7.44. The van der Waals surface area contributed by atoms with Crippen LogP contribution < -0.4 is 9.47 Å². The van der Waals surface area contributed by atoms with E-state index in [4.69, 9.17) is 9.47 Å². The maximum Gasteiger partial charge on any atom is 0.190 e. The molecule has 3 aromatic carbocycles. The van der Waals surface area contributed by atoms with Gasteiger partial charge in [-0.3, -0.25) is 0 Å². The number of rotatable bonds is 8. The molecule has 0 fully saturated rings. The molecule has 0 bridgehead atoms. The lowest BCUT2D eigenvalue weighted by atomic mass is 10.1. The zero-order chi connectivity index (χ0) is 21.3. The molecule has 0 aliphatic heterocycles. The van der Waals surface area contributed by atoms with E-state index in [2.05, 4.69) is 0 Å². The average molecular weight is 410 g/mol. The molecule has 0 aromatic heterocycles. The Bertz CT molecular complexity index is 1020. The SMILES string of the molecule is CCOc1c(F)cc(CC=CC=Cc2ccc(F)c(Oc3ccccc3)c2)cc1F. The minimum absolute atomic E-state index is 0.132. The fraction of sp³-hybridized carbons (Fsp3) is 0.120. The smallest absolute Gasteiger partial charge is 0.190 e. The standard InChI is InChI=1S/C25H21F3O2/c1-2-29-25-22(27)15-19(16-23(25)28)10-6-3-5-9-18-13-14-21(26)24(17-18)30-20-11-7-4-8-12-20/h3-9,11-17H,2,10H2,1H3. The highest BCUT2D eigenvalue weighted by Crippen LogP contribution is 2.26. The monoisotopic (exact) mass is 410 g/mol. The van der Waals surface area contributed by atoms with E-state index in [0.717, 1.165) is 5.56 Å².